The molecule has 0 aromatic heterocycles. The van der Waals surface area contributed by atoms with Crippen LogP contribution in [-0.2, 0) is 9.53 Å². The van der Waals surface area contributed by atoms with Crippen molar-refractivity contribution in [3.63, 3.8) is 0 Å². The molecule has 4 nitrogen and oxygen atoms in total. The number of hydroxylamine groups is 1. The molecule has 17 heavy (non-hydrogen) atoms. The molecule has 0 saturated carbocycles. The number of nitrogens with zero attached hydrogens (tertiary/aromatic N) is 1. The molecule has 1 aliphatic heterocycles. The summed E-state index contributed by atoms with van der Waals surface area (Å²) in [4.78, 5) is 11.5. The van der Waals surface area contributed by atoms with E-state index in [9.17, 15) is 10.0 Å². The van der Waals surface area contributed by atoms with Gasteiger partial charge in [0.25, 0.3) is 5.71 Å². The summed E-state index contributed by atoms with van der Waals surface area (Å²) in [7, 11) is 0. The topological polar surface area (TPSA) is 52.4 Å². The summed E-state index contributed by atoms with van der Waals surface area (Å²) in [6.45, 7) is 2.03. The number of carbonyl (C=O) groups is 1. The molecule has 1 unspecified atom stereocenters. The predicted molar refractivity (Wildman–Crippen MR) is 63.7 cm³/mol. The van der Waals surface area contributed by atoms with Crippen LogP contribution in [0.1, 0.15) is 31.4 Å². The largest absolute Gasteiger partial charge is 0.623 e. The molecule has 0 aliphatic carbocycles. The first-order valence-electron chi connectivity index (χ1n) is 5.78. The molecule has 90 valence electrons. The van der Waals surface area contributed by atoms with Crippen molar-refractivity contribution in [1.82, 2.24) is 0 Å². The van der Waals surface area contributed by atoms with Crippen LogP contribution in [0, 0.1) is 5.21 Å². The summed E-state index contributed by atoms with van der Waals surface area (Å²) >= 11 is 0. The van der Waals surface area contributed by atoms with Crippen molar-refractivity contribution in [3.8, 4) is 0 Å². The molecule has 0 fully saturated rings. The number of rotatable bonds is 3. The summed E-state index contributed by atoms with van der Waals surface area (Å²) in [5.41, 5.74) is 1.18. The Morgan fingerprint density at radius 3 is 2.82 bits per heavy atom. The first-order chi connectivity index (χ1) is 8.24. The van der Waals surface area contributed by atoms with E-state index in [4.69, 9.17) is 4.74 Å². The predicted octanol–water partition coefficient (Wildman–Crippen LogP) is 2.04. The minimum Gasteiger partial charge on any atom is -0.623 e. The maximum Gasteiger partial charge on any atom is 0.399 e. The van der Waals surface area contributed by atoms with Crippen molar-refractivity contribution in [1.29, 1.82) is 0 Å². The van der Waals surface area contributed by atoms with Gasteiger partial charge < -0.3 is 9.94 Å². The Morgan fingerprint density at radius 2 is 2.18 bits per heavy atom. The molecule has 1 heterocycles. The SMILES string of the molecule is CCOC(=O)C1=[N+]([O-])C(c2ccccc2)CC1. The lowest BCUT2D eigenvalue weighted by Crippen LogP contribution is -2.22. The van der Waals surface area contributed by atoms with E-state index in [0.29, 0.717) is 19.4 Å². The highest BCUT2D eigenvalue weighted by atomic mass is 16.5. The summed E-state index contributed by atoms with van der Waals surface area (Å²) < 4.78 is 5.66. The average Bonchev–Trinajstić information content (AvgIpc) is 2.72. The fourth-order valence-electron chi connectivity index (χ4n) is 2.07. The third-order valence-corrected chi connectivity index (χ3v) is 2.90. The molecule has 0 N–H and O–H groups in total. The van der Waals surface area contributed by atoms with Gasteiger partial charge in [-0.25, -0.2) is 4.79 Å². The average molecular weight is 233 g/mol. The van der Waals surface area contributed by atoms with Crippen molar-refractivity contribution in [2.45, 2.75) is 25.8 Å². The lowest BCUT2D eigenvalue weighted by Gasteiger charge is -2.11. The third-order valence-electron chi connectivity index (χ3n) is 2.90. The standard InChI is InChI=1S/C13H15NO3/c1-2-17-13(15)12-9-8-11(14(12)16)10-6-4-3-5-7-10/h3-7,11H,2,8-9H2,1H3. The summed E-state index contributed by atoms with van der Waals surface area (Å²) in [5, 5.41) is 12.0. The molecule has 0 amide bonds. The molecule has 1 atom stereocenters. The van der Waals surface area contributed by atoms with Crippen LogP contribution < -0.4 is 0 Å². The number of esters is 1. The van der Waals surface area contributed by atoms with Crippen LogP contribution >= 0.6 is 0 Å². The number of hydrogen-bond donors (Lipinski definition) is 0. The van der Waals surface area contributed by atoms with Gasteiger partial charge >= 0.3 is 5.97 Å². The van der Waals surface area contributed by atoms with Crippen molar-refractivity contribution in [2.75, 3.05) is 6.61 Å². The van der Waals surface area contributed by atoms with Gasteiger partial charge in [0, 0.05) is 18.4 Å². The van der Waals surface area contributed by atoms with Gasteiger partial charge in [-0.15, -0.1) is 0 Å². The molecule has 0 radical (unpaired) electrons. The Bertz CT molecular complexity index is 439. The Balaban J connectivity index is 2.22. The van der Waals surface area contributed by atoms with Gasteiger partial charge in [0.2, 0.25) is 0 Å². The van der Waals surface area contributed by atoms with Crippen LogP contribution in [0.4, 0.5) is 0 Å². The smallest absolute Gasteiger partial charge is 0.399 e. The number of carbonyl (C=O) groups excluding carboxylic acids is 1. The minimum absolute atomic E-state index is 0.237. The molecule has 1 aromatic carbocycles. The second kappa shape index (κ2) is 4.99. The Kier molecular flexibility index (Phi) is 3.42. The van der Waals surface area contributed by atoms with Crippen molar-refractivity contribution >= 4 is 11.7 Å². The summed E-state index contributed by atoms with van der Waals surface area (Å²) in [6.07, 6.45) is 1.16. The van der Waals surface area contributed by atoms with E-state index in [1.807, 2.05) is 30.3 Å². The van der Waals surface area contributed by atoms with E-state index in [0.717, 1.165) is 10.3 Å². The lowest BCUT2D eigenvalue weighted by molar-refractivity contribution is -0.498. The van der Waals surface area contributed by atoms with E-state index in [1.54, 1.807) is 6.92 Å². The van der Waals surface area contributed by atoms with Crippen LogP contribution in [0.3, 0.4) is 0 Å². The van der Waals surface area contributed by atoms with Crippen molar-refractivity contribution in [3.05, 3.63) is 41.1 Å². The van der Waals surface area contributed by atoms with E-state index in [1.165, 1.54) is 0 Å². The first-order valence-corrected chi connectivity index (χ1v) is 5.78. The lowest BCUT2D eigenvalue weighted by atomic mass is 10.0. The van der Waals surface area contributed by atoms with Gasteiger partial charge in [-0.2, -0.15) is 4.74 Å². The molecular formula is C13H15NO3. The third kappa shape index (κ3) is 2.30. The molecule has 0 saturated heterocycles. The van der Waals surface area contributed by atoms with E-state index in [2.05, 4.69) is 0 Å². The zero-order valence-electron chi connectivity index (χ0n) is 9.76. The quantitative estimate of drug-likeness (QED) is 0.456. The normalized spacial score (nSPS) is 19.5. The number of benzene rings is 1. The molecule has 0 spiro atoms. The van der Waals surface area contributed by atoms with Gasteiger partial charge in [0.1, 0.15) is 0 Å². The Hall–Kier alpha value is -1.84. The van der Waals surface area contributed by atoms with Gasteiger partial charge in [0.15, 0.2) is 6.04 Å². The molecule has 1 aromatic rings. The fourth-order valence-corrected chi connectivity index (χ4v) is 2.07. The van der Waals surface area contributed by atoms with Crippen LogP contribution in [0.15, 0.2) is 30.3 Å². The van der Waals surface area contributed by atoms with Crippen LogP contribution in [-0.4, -0.2) is 23.0 Å². The molecule has 4 heteroatoms. The van der Waals surface area contributed by atoms with E-state index >= 15 is 0 Å². The monoisotopic (exact) mass is 233 g/mol. The van der Waals surface area contributed by atoms with Gasteiger partial charge in [-0.1, -0.05) is 30.3 Å². The maximum absolute atomic E-state index is 12.0. The summed E-state index contributed by atoms with van der Waals surface area (Å²) in [5.74, 6) is -0.485. The van der Waals surface area contributed by atoms with Crippen molar-refractivity contribution < 1.29 is 14.3 Å². The number of ether oxygens (including phenoxy) is 1. The maximum atomic E-state index is 12.0. The van der Waals surface area contributed by atoms with Gasteiger partial charge in [-0.3, -0.25) is 0 Å². The zero-order chi connectivity index (χ0) is 12.3. The molecule has 1 aliphatic rings. The first kappa shape index (κ1) is 11.6. The number of hydrogen-bond acceptors (Lipinski definition) is 3. The fraction of sp³-hybridized carbons (Fsp3) is 0.385. The Morgan fingerprint density at radius 1 is 1.47 bits per heavy atom. The van der Waals surface area contributed by atoms with Gasteiger partial charge in [-0.05, 0) is 6.92 Å². The molecule has 2 rings (SSSR count). The van der Waals surface area contributed by atoms with E-state index in [-0.39, 0.29) is 11.8 Å². The van der Waals surface area contributed by atoms with Crippen LogP contribution in [0.2, 0.25) is 0 Å². The second-order valence-electron chi connectivity index (χ2n) is 3.96. The van der Waals surface area contributed by atoms with Gasteiger partial charge in [0.05, 0.1) is 6.61 Å². The molecular weight excluding hydrogens is 218 g/mol. The second-order valence-corrected chi connectivity index (χ2v) is 3.96. The molecule has 0 bridgehead atoms. The minimum atomic E-state index is -0.485. The van der Waals surface area contributed by atoms with E-state index < -0.39 is 5.97 Å². The zero-order valence-corrected chi connectivity index (χ0v) is 9.76. The highest BCUT2D eigenvalue weighted by Crippen LogP contribution is 2.28. The highest BCUT2D eigenvalue weighted by molar-refractivity contribution is 6.34. The van der Waals surface area contributed by atoms with Crippen LogP contribution in [0.25, 0.3) is 0 Å². The summed E-state index contributed by atoms with van der Waals surface area (Å²) in [6, 6.07) is 9.25. The Labute approximate surface area is 100 Å². The van der Waals surface area contributed by atoms with Crippen LogP contribution in [0.5, 0.6) is 0 Å². The highest BCUT2D eigenvalue weighted by Gasteiger charge is 2.35. The van der Waals surface area contributed by atoms with Crippen molar-refractivity contribution in [2.24, 2.45) is 0 Å².